The molecule has 14 heavy (non-hydrogen) atoms. The SMILES string of the molecule is CC(C)N(C)S(=O)(=O)NOCC(=O)O. The van der Waals surface area contributed by atoms with Crippen molar-refractivity contribution < 1.29 is 23.2 Å². The molecule has 7 nitrogen and oxygen atoms in total. The molecule has 0 aromatic heterocycles. The smallest absolute Gasteiger partial charge is 0.331 e. The highest BCUT2D eigenvalue weighted by Gasteiger charge is 2.20. The van der Waals surface area contributed by atoms with Crippen LogP contribution in [0.1, 0.15) is 13.8 Å². The van der Waals surface area contributed by atoms with Crippen LogP contribution in [0, 0.1) is 0 Å². The Balaban J connectivity index is 4.15. The quantitative estimate of drug-likeness (QED) is 0.577. The van der Waals surface area contributed by atoms with E-state index in [-0.39, 0.29) is 6.04 Å². The van der Waals surface area contributed by atoms with E-state index in [1.165, 1.54) is 7.05 Å². The lowest BCUT2D eigenvalue weighted by molar-refractivity contribution is -0.143. The van der Waals surface area contributed by atoms with Gasteiger partial charge in [-0.25, -0.2) is 4.79 Å². The van der Waals surface area contributed by atoms with Gasteiger partial charge in [0.05, 0.1) is 0 Å². The first-order valence-electron chi connectivity index (χ1n) is 3.85. The molecule has 8 heteroatoms. The van der Waals surface area contributed by atoms with Gasteiger partial charge in [0.25, 0.3) is 0 Å². The van der Waals surface area contributed by atoms with Crippen LogP contribution in [0.25, 0.3) is 0 Å². The number of aliphatic carboxylic acids is 1. The van der Waals surface area contributed by atoms with Crippen molar-refractivity contribution in [2.24, 2.45) is 0 Å². The van der Waals surface area contributed by atoms with E-state index in [1.54, 1.807) is 18.7 Å². The summed E-state index contributed by atoms with van der Waals surface area (Å²) in [7, 11) is -2.40. The molecule has 0 radical (unpaired) electrons. The van der Waals surface area contributed by atoms with E-state index in [0.717, 1.165) is 4.31 Å². The highest BCUT2D eigenvalue weighted by molar-refractivity contribution is 7.87. The number of hydrogen-bond acceptors (Lipinski definition) is 4. The molecule has 84 valence electrons. The Morgan fingerprint density at radius 2 is 2.07 bits per heavy atom. The summed E-state index contributed by atoms with van der Waals surface area (Å²) >= 11 is 0. The van der Waals surface area contributed by atoms with Crippen LogP contribution in [0.3, 0.4) is 0 Å². The summed E-state index contributed by atoms with van der Waals surface area (Å²) < 4.78 is 23.5. The molecule has 0 heterocycles. The van der Waals surface area contributed by atoms with Crippen molar-refractivity contribution in [3.8, 4) is 0 Å². The van der Waals surface area contributed by atoms with Crippen LogP contribution in [-0.2, 0) is 19.8 Å². The Bertz CT molecular complexity index is 287. The molecule has 2 N–H and O–H groups in total. The zero-order valence-corrected chi connectivity index (χ0v) is 9.04. The maximum Gasteiger partial charge on any atom is 0.331 e. The first-order valence-corrected chi connectivity index (χ1v) is 5.29. The molecule has 0 spiro atoms. The van der Waals surface area contributed by atoms with E-state index >= 15 is 0 Å². The summed E-state index contributed by atoms with van der Waals surface area (Å²) in [6, 6.07) is -0.235. The highest BCUT2D eigenvalue weighted by Crippen LogP contribution is 1.99. The molecule has 0 atom stereocenters. The normalized spacial score (nSPS) is 12.4. The van der Waals surface area contributed by atoms with Crippen LogP contribution in [0.2, 0.25) is 0 Å². The number of rotatable bonds is 6. The van der Waals surface area contributed by atoms with Crippen LogP contribution in [0.15, 0.2) is 0 Å². The van der Waals surface area contributed by atoms with Crippen LogP contribution in [0.4, 0.5) is 0 Å². The maximum atomic E-state index is 11.3. The Morgan fingerprint density at radius 3 is 2.43 bits per heavy atom. The van der Waals surface area contributed by atoms with Gasteiger partial charge in [0.1, 0.15) is 0 Å². The Hall–Kier alpha value is -0.700. The number of hydrogen-bond donors (Lipinski definition) is 2. The lowest BCUT2D eigenvalue weighted by Crippen LogP contribution is -2.42. The minimum atomic E-state index is -3.76. The van der Waals surface area contributed by atoms with Gasteiger partial charge in [-0.2, -0.15) is 12.7 Å². The van der Waals surface area contributed by atoms with Gasteiger partial charge in [-0.05, 0) is 13.8 Å². The van der Waals surface area contributed by atoms with Crippen molar-refractivity contribution in [1.82, 2.24) is 9.19 Å². The van der Waals surface area contributed by atoms with Gasteiger partial charge >= 0.3 is 16.2 Å². The van der Waals surface area contributed by atoms with E-state index in [4.69, 9.17) is 5.11 Å². The topological polar surface area (TPSA) is 95.9 Å². The van der Waals surface area contributed by atoms with Crippen LogP contribution in [-0.4, -0.2) is 43.5 Å². The fourth-order valence-electron chi connectivity index (χ4n) is 0.502. The van der Waals surface area contributed by atoms with Crippen molar-refractivity contribution in [3.05, 3.63) is 0 Å². The molecule has 0 bridgehead atoms. The first-order chi connectivity index (χ1) is 6.27. The largest absolute Gasteiger partial charge is 0.479 e. The fourth-order valence-corrected chi connectivity index (χ4v) is 1.38. The third kappa shape index (κ3) is 4.51. The van der Waals surface area contributed by atoms with Gasteiger partial charge in [0, 0.05) is 13.1 Å². The fraction of sp³-hybridized carbons (Fsp3) is 0.833. The van der Waals surface area contributed by atoms with Crippen molar-refractivity contribution in [3.63, 3.8) is 0 Å². The van der Waals surface area contributed by atoms with E-state index in [0.29, 0.717) is 0 Å². The van der Waals surface area contributed by atoms with Gasteiger partial charge < -0.3 is 5.11 Å². The third-order valence-corrected chi connectivity index (χ3v) is 2.97. The summed E-state index contributed by atoms with van der Waals surface area (Å²) in [6.07, 6.45) is 0. The second-order valence-corrected chi connectivity index (χ2v) is 4.57. The second kappa shape index (κ2) is 5.25. The lowest BCUT2D eigenvalue weighted by atomic mass is 10.4. The van der Waals surface area contributed by atoms with Gasteiger partial charge in [-0.15, -0.1) is 0 Å². The standard InChI is InChI=1S/C6H14N2O5S/c1-5(2)8(3)14(11,12)7-13-4-6(9)10/h5,7H,4H2,1-3H3,(H,9,10). The van der Waals surface area contributed by atoms with Gasteiger partial charge in [0.2, 0.25) is 0 Å². The molecule has 0 aliphatic heterocycles. The van der Waals surface area contributed by atoms with Gasteiger partial charge in [-0.3, -0.25) is 4.84 Å². The monoisotopic (exact) mass is 226 g/mol. The predicted octanol–water partition coefficient (Wildman–Crippen LogP) is -0.823. The summed E-state index contributed by atoms with van der Waals surface area (Å²) in [5, 5.41) is 8.18. The molecule has 0 unspecified atom stereocenters. The molecule has 0 fully saturated rings. The van der Waals surface area contributed by atoms with Crippen LogP contribution < -0.4 is 4.89 Å². The molecular formula is C6H14N2O5S. The van der Waals surface area contributed by atoms with E-state index in [9.17, 15) is 13.2 Å². The summed E-state index contributed by atoms with van der Waals surface area (Å²) in [5.74, 6) is -1.25. The summed E-state index contributed by atoms with van der Waals surface area (Å²) in [4.78, 5) is 16.0. The molecular weight excluding hydrogens is 212 g/mol. The van der Waals surface area contributed by atoms with Crippen molar-refractivity contribution >= 4 is 16.2 Å². The second-order valence-electron chi connectivity index (χ2n) is 2.88. The van der Waals surface area contributed by atoms with E-state index in [2.05, 4.69) is 4.84 Å². The minimum absolute atomic E-state index is 0.235. The first kappa shape index (κ1) is 13.3. The van der Waals surface area contributed by atoms with Gasteiger partial charge in [0.15, 0.2) is 6.61 Å². The molecule has 0 saturated carbocycles. The number of nitrogens with zero attached hydrogens (tertiary/aromatic N) is 1. The Morgan fingerprint density at radius 1 is 1.57 bits per heavy atom. The summed E-state index contributed by atoms with van der Waals surface area (Å²) in [6.45, 7) is 2.64. The zero-order chi connectivity index (χ0) is 11.4. The van der Waals surface area contributed by atoms with Crippen LogP contribution >= 0.6 is 0 Å². The average molecular weight is 226 g/mol. The highest BCUT2D eigenvalue weighted by atomic mass is 32.2. The average Bonchev–Trinajstić information content (AvgIpc) is 2.01. The Labute approximate surface area is 82.8 Å². The molecule has 0 rings (SSSR count). The number of carbonyl (C=O) groups is 1. The molecule has 0 amide bonds. The maximum absolute atomic E-state index is 11.3. The number of nitrogens with one attached hydrogen (secondary N) is 1. The molecule has 0 aliphatic rings. The van der Waals surface area contributed by atoms with Crippen molar-refractivity contribution in [2.45, 2.75) is 19.9 Å². The van der Waals surface area contributed by atoms with Crippen molar-refractivity contribution in [2.75, 3.05) is 13.7 Å². The zero-order valence-electron chi connectivity index (χ0n) is 8.22. The van der Waals surface area contributed by atoms with E-state index < -0.39 is 22.8 Å². The summed E-state index contributed by atoms with van der Waals surface area (Å²) in [5.41, 5.74) is 0. The molecule has 0 aromatic rings. The van der Waals surface area contributed by atoms with Crippen LogP contribution in [0.5, 0.6) is 0 Å². The Kier molecular flexibility index (Phi) is 4.99. The minimum Gasteiger partial charge on any atom is -0.479 e. The van der Waals surface area contributed by atoms with Gasteiger partial charge in [-0.1, -0.05) is 4.89 Å². The van der Waals surface area contributed by atoms with E-state index in [1.807, 2.05) is 0 Å². The molecule has 0 aliphatic carbocycles. The predicted molar refractivity (Wildman–Crippen MR) is 48.5 cm³/mol. The number of carboxylic acid groups (broad SMARTS) is 1. The van der Waals surface area contributed by atoms with Crippen molar-refractivity contribution in [1.29, 1.82) is 0 Å². The third-order valence-electron chi connectivity index (χ3n) is 1.47. The molecule has 0 aromatic carbocycles. The molecule has 0 saturated heterocycles. The number of carboxylic acids is 1. The lowest BCUT2D eigenvalue weighted by Gasteiger charge is -2.20.